The van der Waals surface area contributed by atoms with Crippen molar-refractivity contribution in [3.8, 4) is 0 Å². The van der Waals surface area contributed by atoms with E-state index in [9.17, 15) is 0 Å². The molecular formula is C87H214N8. The minimum atomic E-state index is 0.734. The smallest absolute Gasteiger partial charge is 0.122 e. The van der Waals surface area contributed by atoms with Gasteiger partial charge in [0.05, 0.1) is 0 Å². The summed E-state index contributed by atoms with van der Waals surface area (Å²) < 4.78 is 58.6. The fraction of sp³-hybridized carbons (Fsp3) is 1.00. The first kappa shape index (κ1) is 111. The third kappa shape index (κ3) is 158. The molecule has 8 N–H and O–H groups in total. The second-order valence-corrected chi connectivity index (χ2v) is 21.4. The van der Waals surface area contributed by atoms with Crippen LogP contribution in [0.5, 0.6) is 0 Å². The lowest BCUT2D eigenvalue weighted by atomic mass is 9.98. The van der Waals surface area contributed by atoms with E-state index in [1.807, 2.05) is 222 Å². The summed E-state index contributed by atoms with van der Waals surface area (Å²) in [5, 5.41) is 13.4. The first-order chi connectivity index (χ1) is 49.8. The van der Waals surface area contributed by atoms with E-state index < -0.39 is 0 Å². The van der Waals surface area contributed by atoms with Gasteiger partial charge < -0.3 is 42.5 Å². The Balaban J connectivity index is -0.0000000568. The van der Waals surface area contributed by atoms with Gasteiger partial charge in [0.25, 0.3) is 0 Å². The van der Waals surface area contributed by atoms with E-state index in [1.165, 1.54) is 148 Å². The molecule has 0 spiro atoms. The van der Waals surface area contributed by atoms with Gasteiger partial charge in [-0.15, -0.1) is 0 Å². The Labute approximate surface area is 627 Å². The fourth-order valence-corrected chi connectivity index (χ4v) is 8.73. The molecule has 8 heterocycles. The standard InChI is InChI=1S/3C8H17N.2C7H15N.2C6H13N.C5H11N.16C2H6/c1-8-4-2-6-9-7-3-5-8;1-8-4-2-3-6-9-7-5-8;1-8-5-3-2-4-6-9-7-8;1-7-3-2-5-8-6-4-7;1-7-4-2-3-5-8-6-7;1-6-2-4-7-5-3-6;1-6-3-2-4-7-5-6;1-5-2-3-6-4-5;16*1-2/h3*8-9H,2-7H2,1H3;2*7-8H,2-6H2,1H3;2*6-7H,2-5H2,1H3;5-6H,2-4H2,1H3;16*1-2H3/i/hT8. The molecule has 8 rings (SSSR count). The monoisotopic (exact) mass is 1390 g/mol. The highest BCUT2D eigenvalue weighted by Crippen LogP contribution is 2.15. The summed E-state index contributed by atoms with van der Waals surface area (Å²) in [5.74, 6) is 6.43. The first-order valence-corrected chi connectivity index (χ1v) is 43.7. The third-order valence-corrected chi connectivity index (χ3v) is 13.8. The summed E-state index contributed by atoms with van der Waals surface area (Å²) >= 11 is 0. The van der Waals surface area contributed by atoms with Crippen LogP contribution in [0.2, 0.25) is 11.3 Å². The van der Waals surface area contributed by atoms with Crippen LogP contribution in [0.3, 0.4) is 0 Å². The molecule has 8 heteroatoms. The quantitative estimate of drug-likeness (QED) is 0.122. The lowest BCUT2D eigenvalue weighted by Crippen LogP contribution is -2.27. The highest BCUT2D eigenvalue weighted by Gasteiger charge is 2.09. The van der Waals surface area contributed by atoms with Crippen LogP contribution in [-0.2, 0) is 0 Å². The molecular weight excluding hydrogens is 1160 g/mol. The van der Waals surface area contributed by atoms with Crippen LogP contribution in [0, 0.1) is 47.3 Å². The largest absolute Gasteiger partial charge is 0.317 e. The molecule has 8 saturated heterocycles. The molecule has 0 bridgehead atoms. The maximum atomic E-state index is 7.47. The van der Waals surface area contributed by atoms with Crippen molar-refractivity contribution in [2.75, 3.05) is 105 Å². The molecule has 0 aliphatic carbocycles. The van der Waals surface area contributed by atoms with Gasteiger partial charge in [0, 0.05) is 0 Å². The average molecular weight is 1390 g/mol. The Kier molecular flexibility index (Phi) is 188. The van der Waals surface area contributed by atoms with Crippen LogP contribution in [0.15, 0.2) is 0 Å². The second kappa shape index (κ2) is 161. The summed E-state index contributed by atoms with van der Waals surface area (Å²) in [7, 11) is 0. The van der Waals surface area contributed by atoms with E-state index in [2.05, 4.69) is 55.4 Å². The maximum absolute atomic E-state index is 7.47. The van der Waals surface area contributed by atoms with Crippen molar-refractivity contribution in [1.82, 2.24) is 42.5 Å². The van der Waals surface area contributed by atoms with Crippen molar-refractivity contribution in [3.63, 3.8) is 0 Å². The first-order valence-electron chi connectivity index (χ1n) is 47.3. The van der Waals surface area contributed by atoms with Crippen LogP contribution in [0.1, 0.15) is 425 Å². The average Bonchev–Trinajstić information content (AvgIpc) is 1.74. The molecule has 602 valence electrons. The molecule has 0 aromatic carbocycles. The number of rotatable bonds is 0. The van der Waals surface area contributed by atoms with Crippen molar-refractivity contribution < 1.29 is 11.3 Å². The zero-order chi connectivity index (χ0) is 84.8. The zero-order valence-corrected chi connectivity index (χ0v) is 75.8. The minimum absolute atomic E-state index is 0.734. The van der Waals surface area contributed by atoms with Gasteiger partial charge in [0.1, 0.15) is 11.3 Å². The van der Waals surface area contributed by atoms with Gasteiger partial charge in [0.15, 0.2) is 0 Å². The second-order valence-electron chi connectivity index (χ2n) is 21.4. The minimum Gasteiger partial charge on any atom is -0.317 e. The van der Waals surface area contributed by atoms with Gasteiger partial charge in [-0.05, 0) is 268 Å². The Morgan fingerprint density at radius 3 is 0.558 bits per heavy atom. The van der Waals surface area contributed by atoms with Crippen LogP contribution in [0.4, 0.5) is 0 Å². The SMILES string of the molecule is CC.CC.CC.CC.CC.CC.CC.CC.CC.CC.CC.CC.CC.CC.CC.CC.[3H]N1CCC(C)C1.[3H]N1CCC(C)CC1.[3H]N1CCCC(C)C1.[3H]N1CCCC(C)CC1.[3H]N1CCCC(C)CCC1.[3H]N1CCCCC(C)C1.[3H]N1CCCCC(C)CC1.[3H]N1CCCCCC(C)C1. The van der Waals surface area contributed by atoms with Crippen LogP contribution in [-0.4, -0.2) is 105 Å². The van der Waals surface area contributed by atoms with E-state index in [1.54, 1.807) is 42.5 Å². The predicted octanol–water partition coefficient (Wildman–Crippen LogP) is 27.2. The highest BCUT2D eigenvalue weighted by molar-refractivity contribution is 4.67. The summed E-state index contributed by atoms with van der Waals surface area (Å²) in [4.78, 5) is 0. The normalized spacial score (nSPS) is 24.0. The summed E-state index contributed by atoms with van der Waals surface area (Å²) in [6.07, 6.45) is 29.1. The van der Waals surface area contributed by atoms with Crippen LogP contribution >= 0.6 is 0 Å². The van der Waals surface area contributed by atoms with Crippen LogP contribution in [0.25, 0.3) is 0 Å². The molecule has 0 amide bonds. The van der Waals surface area contributed by atoms with Crippen molar-refractivity contribution >= 4 is 0 Å². The van der Waals surface area contributed by atoms with Gasteiger partial charge in [-0.3, -0.25) is 0 Å². The Morgan fingerprint density at radius 1 is 0.147 bits per heavy atom. The summed E-state index contributed by atoms with van der Waals surface area (Å²) in [6, 6.07) is 0. The number of hydrogen-bond acceptors (Lipinski definition) is 8. The lowest BCUT2D eigenvalue weighted by Gasteiger charge is -2.17. The van der Waals surface area contributed by atoms with Gasteiger partial charge in [-0.2, -0.15) is 0 Å². The van der Waals surface area contributed by atoms with Crippen molar-refractivity contribution in [3.05, 3.63) is 0 Å². The van der Waals surface area contributed by atoms with Gasteiger partial charge in [-0.1, -0.05) is 309 Å². The molecule has 0 aromatic heterocycles. The molecule has 8 aliphatic rings. The van der Waals surface area contributed by atoms with E-state index in [0.717, 1.165) is 152 Å². The summed E-state index contributed by atoms with van der Waals surface area (Å²) in [6.45, 7) is 97.6. The molecule has 0 saturated carbocycles. The van der Waals surface area contributed by atoms with Crippen molar-refractivity contribution in [1.29, 1.82) is 0 Å². The van der Waals surface area contributed by atoms with Gasteiger partial charge in [0.2, 0.25) is 0 Å². The lowest BCUT2D eigenvalue weighted by molar-refractivity contribution is 0.402. The molecule has 8 nitrogen and oxygen atoms in total. The Hall–Kier alpha value is -0.320. The van der Waals surface area contributed by atoms with Gasteiger partial charge in [-0.25, -0.2) is 0 Å². The Bertz CT molecular complexity index is 1110. The molecule has 95 heavy (non-hydrogen) atoms. The maximum Gasteiger partial charge on any atom is 0.122 e. The number of hydrogen-bond donors (Lipinski definition) is 8. The van der Waals surface area contributed by atoms with Crippen LogP contribution < -0.4 is 42.5 Å². The zero-order valence-electron chi connectivity index (χ0n) is 83.8. The van der Waals surface area contributed by atoms with Crippen molar-refractivity contribution in [2.24, 2.45) is 47.3 Å². The van der Waals surface area contributed by atoms with E-state index >= 15 is 0 Å². The van der Waals surface area contributed by atoms with Crippen molar-refractivity contribution in [2.45, 2.75) is 425 Å². The van der Waals surface area contributed by atoms with E-state index in [-0.39, 0.29) is 0 Å². The molecule has 0 radical (unpaired) electrons. The highest BCUT2D eigenvalue weighted by atomic mass is 14.9. The predicted molar refractivity (Wildman–Crippen MR) is 464 cm³/mol. The topological polar surface area (TPSA) is 96.2 Å². The number of piperidine rings is 2. The van der Waals surface area contributed by atoms with E-state index in [4.69, 9.17) is 11.3 Å². The Morgan fingerprint density at radius 2 is 0.284 bits per heavy atom. The van der Waals surface area contributed by atoms with E-state index in [0.29, 0.717) is 0 Å². The molecule has 8 aliphatic heterocycles. The summed E-state index contributed by atoms with van der Waals surface area (Å²) in [5.41, 5.74) is 0. The molecule has 6 unspecified atom stereocenters. The van der Waals surface area contributed by atoms with Gasteiger partial charge >= 0.3 is 0 Å². The molecule has 0 aromatic rings. The molecule has 8 fully saturated rings. The fourth-order valence-electron chi connectivity index (χ4n) is 8.73. The molecule has 6 atom stereocenters. The number of nitrogens with one attached hydrogen (secondary N) is 8. The third-order valence-electron chi connectivity index (χ3n) is 13.8.